The van der Waals surface area contributed by atoms with Gasteiger partial charge in [0.05, 0.1) is 33.8 Å². The fourth-order valence-corrected chi connectivity index (χ4v) is 4.33. The van der Waals surface area contributed by atoms with Crippen LogP contribution in [0.25, 0.3) is 0 Å². The van der Waals surface area contributed by atoms with Crippen molar-refractivity contribution in [3.05, 3.63) is 102 Å². The number of rotatable bonds is 7. The smallest absolute Gasteiger partial charge is 0.323 e. The number of benzene rings is 3. The highest BCUT2D eigenvalue weighted by atomic mass is 35.5. The average Bonchev–Trinajstić information content (AvgIpc) is 3.36. The van der Waals surface area contributed by atoms with Crippen molar-refractivity contribution in [1.29, 1.82) is 0 Å². The number of halogens is 1. The normalized spacial score (nSPS) is 10.9. The van der Waals surface area contributed by atoms with Crippen LogP contribution in [0, 0.1) is 0 Å². The van der Waals surface area contributed by atoms with E-state index < -0.39 is 22.0 Å². The van der Waals surface area contributed by atoms with Gasteiger partial charge in [0.25, 0.3) is 15.9 Å². The molecule has 0 bridgehead atoms. The molecular formula is C24H19ClN4O5S. The summed E-state index contributed by atoms with van der Waals surface area (Å²) < 4.78 is 33.3. The van der Waals surface area contributed by atoms with E-state index >= 15 is 0 Å². The number of sulfonamides is 1. The van der Waals surface area contributed by atoms with E-state index in [9.17, 15) is 18.0 Å². The van der Waals surface area contributed by atoms with E-state index in [1.54, 1.807) is 42.5 Å². The summed E-state index contributed by atoms with van der Waals surface area (Å²) in [5.41, 5.74) is 1.28. The van der Waals surface area contributed by atoms with Crippen molar-refractivity contribution >= 4 is 56.3 Å². The van der Waals surface area contributed by atoms with Crippen LogP contribution in [0.2, 0.25) is 5.02 Å². The molecule has 9 nitrogen and oxygen atoms in total. The van der Waals surface area contributed by atoms with Gasteiger partial charge in [-0.3, -0.25) is 9.52 Å². The van der Waals surface area contributed by atoms with Crippen molar-refractivity contribution in [2.45, 2.75) is 4.90 Å². The quantitative estimate of drug-likeness (QED) is 0.256. The number of para-hydroxylation sites is 1. The molecule has 0 saturated heterocycles. The second-order valence-electron chi connectivity index (χ2n) is 7.23. The molecule has 3 amide bonds. The number of urea groups is 1. The van der Waals surface area contributed by atoms with Gasteiger partial charge in [0.2, 0.25) is 0 Å². The molecule has 4 N–H and O–H groups in total. The number of hydrogen-bond acceptors (Lipinski definition) is 5. The minimum absolute atomic E-state index is 0.0633. The summed E-state index contributed by atoms with van der Waals surface area (Å²) in [7, 11) is -4.04. The van der Waals surface area contributed by atoms with Gasteiger partial charge in [-0.2, -0.15) is 0 Å². The number of anilines is 4. The molecule has 1 aromatic heterocycles. The van der Waals surface area contributed by atoms with E-state index in [1.165, 1.54) is 42.9 Å². The Bertz CT molecular complexity index is 1460. The number of nitrogens with one attached hydrogen (secondary N) is 4. The fourth-order valence-electron chi connectivity index (χ4n) is 3.06. The zero-order valence-electron chi connectivity index (χ0n) is 18.0. The molecule has 0 aliphatic heterocycles. The van der Waals surface area contributed by atoms with Crippen LogP contribution >= 0.6 is 11.6 Å². The van der Waals surface area contributed by atoms with Crippen molar-refractivity contribution in [2.24, 2.45) is 0 Å². The molecule has 0 fully saturated rings. The molecule has 1 heterocycles. The molecule has 3 aromatic carbocycles. The maximum absolute atomic E-state index is 13.0. The van der Waals surface area contributed by atoms with Crippen molar-refractivity contribution in [3.63, 3.8) is 0 Å². The van der Waals surface area contributed by atoms with Gasteiger partial charge in [-0.25, -0.2) is 13.2 Å². The van der Waals surface area contributed by atoms with Crippen LogP contribution in [0.4, 0.5) is 27.5 Å². The van der Waals surface area contributed by atoms with Crippen LogP contribution in [0.5, 0.6) is 0 Å². The summed E-state index contributed by atoms with van der Waals surface area (Å²) in [6, 6.07) is 19.8. The zero-order valence-corrected chi connectivity index (χ0v) is 19.6. The van der Waals surface area contributed by atoms with Crippen molar-refractivity contribution < 1.29 is 22.4 Å². The molecule has 0 atom stereocenters. The van der Waals surface area contributed by atoms with Crippen molar-refractivity contribution in [1.82, 2.24) is 0 Å². The molecule has 178 valence electrons. The van der Waals surface area contributed by atoms with Gasteiger partial charge in [-0.15, -0.1) is 0 Å². The second-order valence-corrected chi connectivity index (χ2v) is 9.35. The van der Waals surface area contributed by atoms with Crippen LogP contribution in [0.15, 0.2) is 101 Å². The maximum atomic E-state index is 13.0. The largest absolute Gasteiger partial charge is 0.472 e. The molecule has 0 unspecified atom stereocenters. The number of amides is 3. The minimum atomic E-state index is -4.04. The van der Waals surface area contributed by atoms with Gasteiger partial charge in [0, 0.05) is 10.7 Å². The highest BCUT2D eigenvalue weighted by molar-refractivity contribution is 7.92. The van der Waals surface area contributed by atoms with Crippen LogP contribution in [0.1, 0.15) is 10.4 Å². The van der Waals surface area contributed by atoms with Gasteiger partial charge in [0.15, 0.2) is 0 Å². The monoisotopic (exact) mass is 510 g/mol. The third kappa shape index (κ3) is 6.19. The molecule has 0 aliphatic carbocycles. The Labute approximate surface area is 206 Å². The first-order valence-electron chi connectivity index (χ1n) is 10.2. The van der Waals surface area contributed by atoms with Crippen molar-refractivity contribution in [3.8, 4) is 0 Å². The topological polar surface area (TPSA) is 130 Å². The SMILES string of the molecule is O=C(Nc1ccccc1)Nc1ccc(S(=O)(=O)Nc2cccc(Cl)c2)cc1NC(=O)c1ccoc1. The minimum Gasteiger partial charge on any atom is -0.472 e. The van der Waals surface area contributed by atoms with Crippen LogP contribution in [-0.2, 0) is 10.0 Å². The Morgan fingerprint density at radius 3 is 2.26 bits per heavy atom. The predicted molar refractivity (Wildman–Crippen MR) is 134 cm³/mol. The predicted octanol–water partition coefficient (Wildman–Crippen LogP) is 5.63. The Balaban J connectivity index is 1.62. The summed E-state index contributed by atoms with van der Waals surface area (Å²) in [6.45, 7) is 0. The standard InChI is InChI=1S/C24H19ClN4O5S/c25-17-5-4-8-19(13-17)29-35(32,33)20-9-10-21(28-24(31)26-18-6-2-1-3-7-18)22(14-20)27-23(30)16-11-12-34-15-16/h1-15,29H,(H,27,30)(H2,26,28,31). The lowest BCUT2D eigenvalue weighted by Crippen LogP contribution is -2.22. The molecule has 35 heavy (non-hydrogen) atoms. The summed E-state index contributed by atoms with van der Waals surface area (Å²) in [5, 5.41) is 8.26. The lowest BCUT2D eigenvalue weighted by atomic mass is 10.2. The first-order chi connectivity index (χ1) is 16.8. The second kappa shape index (κ2) is 10.3. The number of hydrogen-bond donors (Lipinski definition) is 4. The molecule has 0 spiro atoms. The number of furan rings is 1. The van der Waals surface area contributed by atoms with E-state index in [4.69, 9.17) is 16.0 Å². The number of carbonyl (C=O) groups excluding carboxylic acids is 2. The van der Waals surface area contributed by atoms with Gasteiger partial charge in [0.1, 0.15) is 6.26 Å². The molecular weight excluding hydrogens is 492 g/mol. The van der Waals surface area contributed by atoms with Gasteiger partial charge < -0.3 is 20.4 Å². The van der Waals surface area contributed by atoms with Crippen molar-refractivity contribution in [2.75, 3.05) is 20.7 Å². The summed E-state index contributed by atoms with van der Waals surface area (Å²) >= 11 is 5.94. The Morgan fingerprint density at radius 1 is 0.771 bits per heavy atom. The van der Waals surface area contributed by atoms with E-state index in [0.29, 0.717) is 10.7 Å². The molecule has 4 aromatic rings. The highest BCUT2D eigenvalue weighted by Gasteiger charge is 2.19. The lowest BCUT2D eigenvalue weighted by Gasteiger charge is -2.15. The summed E-state index contributed by atoms with van der Waals surface area (Å²) in [4.78, 5) is 25.0. The van der Waals surface area contributed by atoms with E-state index in [1.807, 2.05) is 6.07 Å². The maximum Gasteiger partial charge on any atom is 0.323 e. The lowest BCUT2D eigenvalue weighted by molar-refractivity contribution is 0.102. The van der Waals surface area contributed by atoms with E-state index in [0.717, 1.165) is 0 Å². The third-order valence-corrected chi connectivity index (χ3v) is 6.30. The molecule has 0 saturated carbocycles. The summed E-state index contributed by atoms with van der Waals surface area (Å²) in [6.07, 6.45) is 2.57. The zero-order chi connectivity index (χ0) is 24.8. The first kappa shape index (κ1) is 23.9. The molecule has 0 aliphatic rings. The van der Waals surface area contributed by atoms with Gasteiger partial charge >= 0.3 is 6.03 Å². The highest BCUT2D eigenvalue weighted by Crippen LogP contribution is 2.28. The molecule has 11 heteroatoms. The van der Waals surface area contributed by atoms with Crippen LogP contribution in [0.3, 0.4) is 0 Å². The molecule has 4 rings (SSSR count). The van der Waals surface area contributed by atoms with Crippen LogP contribution < -0.4 is 20.7 Å². The third-order valence-electron chi connectivity index (χ3n) is 4.69. The van der Waals surface area contributed by atoms with E-state index in [2.05, 4.69) is 20.7 Å². The van der Waals surface area contributed by atoms with Gasteiger partial charge in [-0.05, 0) is 54.6 Å². The molecule has 0 radical (unpaired) electrons. The summed E-state index contributed by atoms with van der Waals surface area (Å²) in [5.74, 6) is -0.553. The average molecular weight is 511 g/mol. The van der Waals surface area contributed by atoms with Gasteiger partial charge in [-0.1, -0.05) is 35.9 Å². The Morgan fingerprint density at radius 2 is 1.54 bits per heavy atom. The Kier molecular flexibility index (Phi) is 7.04. The first-order valence-corrected chi connectivity index (χ1v) is 12.1. The van der Waals surface area contributed by atoms with E-state index in [-0.39, 0.29) is 27.5 Å². The van der Waals surface area contributed by atoms with Crippen LogP contribution in [-0.4, -0.2) is 20.4 Å². The number of carbonyl (C=O) groups is 2. The fraction of sp³-hybridized carbons (Fsp3) is 0. The Hall–Kier alpha value is -4.28.